The average Bonchev–Trinajstić information content (AvgIpc) is 2.93. The molecule has 1 aromatic rings. The lowest BCUT2D eigenvalue weighted by molar-refractivity contribution is -0.119. The summed E-state index contributed by atoms with van der Waals surface area (Å²) in [6.45, 7) is 5.93. The Labute approximate surface area is 160 Å². The van der Waals surface area contributed by atoms with Gasteiger partial charge in [-0.15, -0.1) is 12.4 Å². The summed E-state index contributed by atoms with van der Waals surface area (Å²) in [7, 11) is 0. The molecule has 4 N–H and O–H groups in total. The molecule has 1 fully saturated rings. The van der Waals surface area contributed by atoms with E-state index in [9.17, 15) is 9.59 Å². The van der Waals surface area contributed by atoms with Crippen LogP contribution in [0.4, 0.5) is 5.69 Å². The number of anilines is 1. The van der Waals surface area contributed by atoms with Crippen molar-refractivity contribution in [3.05, 3.63) is 28.8 Å². The molecule has 1 saturated carbocycles. The van der Waals surface area contributed by atoms with Gasteiger partial charge in [-0.1, -0.05) is 18.5 Å². The summed E-state index contributed by atoms with van der Waals surface area (Å²) in [5.74, 6) is -0.304. The quantitative estimate of drug-likeness (QED) is 0.718. The molecule has 0 heterocycles. The van der Waals surface area contributed by atoms with Crippen LogP contribution in [0.25, 0.3) is 0 Å². The van der Waals surface area contributed by atoms with Crippen LogP contribution in [0, 0.1) is 5.92 Å². The molecule has 0 bridgehead atoms. The Morgan fingerprint density at radius 2 is 2.00 bits per heavy atom. The fourth-order valence-electron chi connectivity index (χ4n) is 2.74. The number of hydrogen-bond acceptors (Lipinski definition) is 3. The maximum atomic E-state index is 12.3. The van der Waals surface area contributed by atoms with E-state index in [0.717, 1.165) is 19.3 Å². The van der Waals surface area contributed by atoms with Crippen molar-refractivity contribution in [3.63, 3.8) is 0 Å². The van der Waals surface area contributed by atoms with Gasteiger partial charge in [0.2, 0.25) is 5.91 Å². The van der Waals surface area contributed by atoms with Gasteiger partial charge >= 0.3 is 0 Å². The summed E-state index contributed by atoms with van der Waals surface area (Å²) in [5, 5.41) is 6.13. The van der Waals surface area contributed by atoms with Gasteiger partial charge in [0.25, 0.3) is 5.91 Å². The third kappa shape index (κ3) is 5.87. The molecular weight excluding hydrogens is 361 g/mol. The highest BCUT2D eigenvalue weighted by atomic mass is 35.5. The van der Waals surface area contributed by atoms with E-state index in [4.69, 9.17) is 17.3 Å². The Bertz CT molecular complexity index is 635. The standard InChI is InChI=1S/C18H26ClN3O2.ClH/c1-4-18(2,3)22-17(24)14-8-7-13(10-15(14)19)21-16(23)11-5-6-12(20)9-11;/h7-8,10-12H,4-6,9,20H2,1-3H3,(H,21,23)(H,22,24);1H. The van der Waals surface area contributed by atoms with E-state index in [2.05, 4.69) is 10.6 Å². The van der Waals surface area contributed by atoms with Crippen molar-refractivity contribution in [2.45, 2.75) is 58.0 Å². The third-order valence-electron chi connectivity index (χ3n) is 4.66. The minimum atomic E-state index is -0.297. The van der Waals surface area contributed by atoms with Crippen LogP contribution in [0.15, 0.2) is 18.2 Å². The van der Waals surface area contributed by atoms with Crippen LogP contribution in [-0.4, -0.2) is 23.4 Å². The van der Waals surface area contributed by atoms with Crippen LogP contribution >= 0.6 is 24.0 Å². The average molecular weight is 388 g/mol. The first-order chi connectivity index (χ1) is 11.2. The molecule has 5 nitrogen and oxygen atoms in total. The third-order valence-corrected chi connectivity index (χ3v) is 4.97. The van der Waals surface area contributed by atoms with Gasteiger partial charge in [-0.2, -0.15) is 0 Å². The number of halogens is 2. The van der Waals surface area contributed by atoms with E-state index >= 15 is 0 Å². The van der Waals surface area contributed by atoms with Crippen LogP contribution in [0.5, 0.6) is 0 Å². The molecular formula is C18H27Cl2N3O2. The zero-order valence-electron chi connectivity index (χ0n) is 14.9. The minimum absolute atomic E-state index is 0. The van der Waals surface area contributed by atoms with Crippen molar-refractivity contribution in [3.8, 4) is 0 Å². The Morgan fingerprint density at radius 1 is 1.32 bits per heavy atom. The molecule has 0 radical (unpaired) electrons. The van der Waals surface area contributed by atoms with E-state index in [0.29, 0.717) is 22.7 Å². The molecule has 2 atom stereocenters. The van der Waals surface area contributed by atoms with E-state index in [1.807, 2.05) is 20.8 Å². The SMILES string of the molecule is CCC(C)(C)NC(=O)c1ccc(NC(=O)C2CCC(N)C2)cc1Cl.Cl. The highest BCUT2D eigenvalue weighted by Crippen LogP contribution is 2.27. The summed E-state index contributed by atoms with van der Waals surface area (Å²) in [5.41, 5.74) is 6.55. The first kappa shape index (κ1) is 21.7. The Balaban J connectivity index is 0.00000312. The number of nitrogens with one attached hydrogen (secondary N) is 2. The zero-order chi connectivity index (χ0) is 17.9. The maximum absolute atomic E-state index is 12.3. The Morgan fingerprint density at radius 3 is 2.52 bits per heavy atom. The van der Waals surface area contributed by atoms with E-state index in [1.54, 1.807) is 18.2 Å². The molecule has 7 heteroatoms. The summed E-state index contributed by atoms with van der Waals surface area (Å²) >= 11 is 6.23. The largest absolute Gasteiger partial charge is 0.347 e. The topological polar surface area (TPSA) is 84.2 Å². The van der Waals surface area contributed by atoms with Crippen LogP contribution in [-0.2, 0) is 4.79 Å². The van der Waals surface area contributed by atoms with Crippen LogP contribution in [0.2, 0.25) is 5.02 Å². The van der Waals surface area contributed by atoms with Crippen molar-refractivity contribution in [2.24, 2.45) is 11.7 Å². The second-order valence-electron chi connectivity index (χ2n) is 7.15. The number of carbonyl (C=O) groups excluding carboxylic acids is 2. The normalized spacial score (nSPS) is 19.9. The number of carbonyl (C=O) groups is 2. The molecule has 2 amide bonds. The van der Waals surface area contributed by atoms with Crippen molar-refractivity contribution in [2.75, 3.05) is 5.32 Å². The second-order valence-corrected chi connectivity index (χ2v) is 7.55. The second kappa shape index (κ2) is 8.88. The molecule has 0 aliphatic heterocycles. The maximum Gasteiger partial charge on any atom is 0.253 e. The van der Waals surface area contributed by atoms with E-state index in [1.165, 1.54) is 0 Å². The van der Waals surface area contributed by atoms with Gasteiger partial charge in [0, 0.05) is 23.2 Å². The molecule has 2 unspecified atom stereocenters. The fraction of sp³-hybridized carbons (Fsp3) is 0.556. The van der Waals surface area contributed by atoms with E-state index in [-0.39, 0.29) is 41.7 Å². The molecule has 0 spiro atoms. The number of rotatable bonds is 5. The fourth-order valence-corrected chi connectivity index (χ4v) is 3.01. The number of benzene rings is 1. The summed E-state index contributed by atoms with van der Waals surface area (Å²) in [6.07, 6.45) is 3.22. The number of hydrogen-bond donors (Lipinski definition) is 3. The lowest BCUT2D eigenvalue weighted by atomic mass is 10.0. The lowest BCUT2D eigenvalue weighted by Crippen LogP contribution is -2.42. The predicted octanol–water partition coefficient (Wildman–Crippen LogP) is 3.75. The molecule has 1 aromatic carbocycles. The van der Waals surface area contributed by atoms with Crippen molar-refractivity contribution in [1.82, 2.24) is 5.32 Å². The summed E-state index contributed by atoms with van der Waals surface area (Å²) in [6, 6.07) is 5.06. The van der Waals surface area contributed by atoms with Crippen LogP contribution in [0.1, 0.15) is 56.8 Å². The van der Waals surface area contributed by atoms with Gasteiger partial charge in [-0.25, -0.2) is 0 Å². The highest BCUT2D eigenvalue weighted by molar-refractivity contribution is 6.34. The Hall–Kier alpha value is -1.30. The number of amides is 2. The minimum Gasteiger partial charge on any atom is -0.347 e. The molecule has 2 rings (SSSR count). The lowest BCUT2D eigenvalue weighted by Gasteiger charge is -2.24. The van der Waals surface area contributed by atoms with Gasteiger partial charge < -0.3 is 16.4 Å². The molecule has 1 aliphatic carbocycles. The zero-order valence-corrected chi connectivity index (χ0v) is 16.5. The van der Waals surface area contributed by atoms with Crippen molar-refractivity contribution in [1.29, 1.82) is 0 Å². The Kier molecular flexibility index (Phi) is 7.72. The monoisotopic (exact) mass is 387 g/mol. The first-order valence-corrected chi connectivity index (χ1v) is 8.78. The van der Waals surface area contributed by atoms with Crippen molar-refractivity contribution < 1.29 is 9.59 Å². The molecule has 0 saturated heterocycles. The smallest absolute Gasteiger partial charge is 0.253 e. The summed E-state index contributed by atoms with van der Waals surface area (Å²) in [4.78, 5) is 24.5. The van der Waals surface area contributed by atoms with Gasteiger partial charge in [0.1, 0.15) is 0 Å². The molecule has 140 valence electrons. The predicted molar refractivity (Wildman–Crippen MR) is 104 cm³/mol. The van der Waals surface area contributed by atoms with E-state index < -0.39 is 0 Å². The molecule has 1 aliphatic rings. The number of nitrogens with two attached hydrogens (primary N) is 1. The summed E-state index contributed by atoms with van der Waals surface area (Å²) < 4.78 is 0. The van der Waals surface area contributed by atoms with Gasteiger partial charge in [0.15, 0.2) is 0 Å². The van der Waals surface area contributed by atoms with Crippen LogP contribution < -0.4 is 16.4 Å². The first-order valence-electron chi connectivity index (χ1n) is 8.40. The van der Waals surface area contributed by atoms with Gasteiger partial charge in [-0.05, 0) is 57.7 Å². The van der Waals surface area contributed by atoms with Crippen molar-refractivity contribution >= 4 is 41.5 Å². The molecule has 0 aromatic heterocycles. The van der Waals surface area contributed by atoms with Gasteiger partial charge in [-0.3, -0.25) is 9.59 Å². The molecule has 25 heavy (non-hydrogen) atoms. The highest BCUT2D eigenvalue weighted by Gasteiger charge is 2.28. The van der Waals surface area contributed by atoms with Gasteiger partial charge in [0.05, 0.1) is 10.6 Å². The van der Waals surface area contributed by atoms with Crippen LogP contribution in [0.3, 0.4) is 0 Å².